The molecule has 24 heavy (non-hydrogen) atoms. The number of nitrogens with zero attached hydrogens (tertiary/aromatic N) is 1. The lowest BCUT2D eigenvalue weighted by Gasteiger charge is -2.17. The first-order chi connectivity index (χ1) is 11.2. The molecule has 0 bridgehead atoms. The maximum atomic E-state index is 5.50. The quantitative estimate of drug-likeness (QED) is 0.425. The number of methoxy groups -OCH3 is 1. The van der Waals surface area contributed by atoms with Crippen LogP contribution in [0.5, 0.6) is 5.75 Å². The molecule has 6 heteroatoms. The van der Waals surface area contributed by atoms with Gasteiger partial charge >= 0.3 is 0 Å². The van der Waals surface area contributed by atoms with Crippen LogP contribution in [0, 0.1) is 0 Å². The van der Waals surface area contributed by atoms with E-state index in [1.807, 2.05) is 24.3 Å². The van der Waals surface area contributed by atoms with Gasteiger partial charge < -0.3 is 19.8 Å². The molecule has 1 aliphatic carbocycles. The van der Waals surface area contributed by atoms with Crippen LogP contribution in [0.4, 0.5) is 0 Å². The van der Waals surface area contributed by atoms with E-state index in [0.29, 0.717) is 12.6 Å². The molecule has 0 saturated heterocycles. The molecule has 130 valence electrons. The van der Waals surface area contributed by atoms with Crippen molar-refractivity contribution in [2.24, 2.45) is 4.99 Å². The Bertz CT molecular complexity index is 687. The molecular weight excluding hydrogens is 417 g/mol. The molecule has 1 aliphatic rings. The summed E-state index contributed by atoms with van der Waals surface area (Å²) in [6.07, 6.45) is 2.72. The molecule has 1 aromatic heterocycles. The second-order valence-corrected chi connectivity index (χ2v) is 6.02. The fourth-order valence-corrected chi connectivity index (χ4v) is 2.93. The van der Waals surface area contributed by atoms with Crippen LogP contribution in [-0.4, -0.2) is 26.2 Å². The number of guanidine groups is 1. The van der Waals surface area contributed by atoms with Gasteiger partial charge in [-0.2, -0.15) is 0 Å². The predicted octanol–water partition coefficient (Wildman–Crippen LogP) is 3.30. The van der Waals surface area contributed by atoms with Crippen molar-refractivity contribution in [2.75, 3.05) is 14.2 Å². The fraction of sp³-hybridized carbons (Fsp3) is 0.389. The first-order valence-corrected chi connectivity index (χ1v) is 7.80. The lowest BCUT2D eigenvalue weighted by Crippen LogP contribution is -2.40. The normalized spacial score (nSPS) is 22.5. The minimum absolute atomic E-state index is 0. The highest BCUT2D eigenvalue weighted by Crippen LogP contribution is 2.50. The van der Waals surface area contributed by atoms with Gasteiger partial charge in [-0.05, 0) is 24.6 Å². The first-order valence-electron chi connectivity index (χ1n) is 7.80. The van der Waals surface area contributed by atoms with Gasteiger partial charge in [-0.3, -0.25) is 4.99 Å². The van der Waals surface area contributed by atoms with E-state index in [9.17, 15) is 0 Å². The van der Waals surface area contributed by atoms with Crippen LogP contribution in [0.15, 0.2) is 52.1 Å². The zero-order valence-corrected chi connectivity index (χ0v) is 16.5. The molecule has 1 fully saturated rings. The van der Waals surface area contributed by atoms with Crippen molar-refractivity contribution in [2.45, 2.75) is 31.3 Å². The average molecular weight is 441 g/mol. The van der Waals surface area contributed by atoms with E-state index < -0.39 is 0 Å². The van der Waals surface area contributed by atoms with Gasteiger partial charge in [0, 0.05) is 24.1 Å². The number of halogens is 1. The molecular formula is C18H24IN3O2. The number of hydrogen-bond acceptors (Lipinski definition) is 3. The largest absolute Gasteiger partial charge is 0.496 e. The molecule has 0 aliphatic heterocycles. The Kier molecular flexibility index (Phi) is 6.15. The average Bonchev–Trinajstić information content (AvgIpc) is 3.00. The molecule has 1 saturated carbocycles. The number of hydrogen-bond donors (Lipinski definition) is 2. The molecule has 2 unspecified atom stereocenters. The predicted molar refractivity (Wildman–Crippen MR) is 106 cm³/mol. The van der Waals surface area contributed by atoms with Crippen molar-refractivity contribution in [3.8, 4) is 5.75 Å². The highest BCUT2D eigenvalue weighted by Gasteiger charge is 2.53. The van der Waals surface area contributed by atoms with Crippen molar-refractivity contribution in [3.05, 3.63) is 54.0 Å². The lowest BCUT2D eigenvalue weighted by atomic mass is 9.96. The molecule has 2 N–H and O–H groups in total. The zero-order chi connectivity index (χ0) is 16.3. The van der Waals surface area contributed by atoms with Gasteiger partial charge in [0.2, 0.25) is 0 Å². The van der Waals surface area contributed by atoms with E-state index in [-0.39, 0.29) is 29.4 Å². The molecule has 2 atom stereocenters. The number of rotatable bonds is 5. The molecule has 5 nitrogen and oxygen atoms in total. The third-order valence-electron chi connectivity index (χ3n) is 4.50. The summed E-state index contributed by atoms with van der Waals surface area (Å²) in [5, 5.41) is 6.76. The Morgan fingerprint density at radius 2 is 2.12 bits per heavy atom. The van der Waals surface area contributed by atoms with E-state index >= 15 is 0 Å². The first kappa shape index (κ1) is 18.6. The minimum atomic E-state index is 0. The topological polar surface area (TPSA) is 58.8 Å². The molecule has 2 aromatic rings. The summed E-state index contributed by atoms with van der Waals surface area (Å²) < 4.78 is 10.8. The van der Waals surface area contributed by atoms with E-state index in [1.54, 1.807) is 20.4 Å². The Balaban J connectivity index is 0.00000208. The number of furan rings is 1. The van der Waals surface area contributed by atoms with E-state index in [2.05, 4.69) is 34.7 Å². The van der Waals surface area contributed by atoms with Crippen molar-refractivity contribution in [3.63, 3.8) is 0 Å². The standard InChI is InChI=1S/C18H23N3O2.HI/c1-18(14-8-4-5-9-15(14)22-3)11-16(18)21-17(19-2)20-12-13-7-6-10-23-13;/h4-10,16H,11-12H2,1-3H3,(H2,19,20,21);1H. The summed E-state index contributed by atoms with van der Waals surface area (Å²) in [6, 6.07) is 12.4. The van der Waals surface area contributed by atoms with Crippen molar-refractivity contribution >= 4 is 29.9 Å². The number of ether oxygens (including phenoxy) is 1. The van der Waals surface area contributed by atoms with Gasteiger partial charge in [0.1, 0.15) is 11.5 Å². The number of aliphatic imine (C=N–C) groups is 1. The summed E-state index contributed by atoms with van der Waals surface area (Å²) in [5.41, 5.74) is 1.30. The Morgan fingerprint density at radius 3 is 2.79 bits per heavy atom. The van der Waals surface area contributed by atoms with E-state index in [4.69, 9.17) is 9.15 Å². The van der Waals surface area contributed by atoms with Gasteiger partial charge in [-0.1, -0.05) is 25.1 Å². The van der Waals surface area contributed by atoms with Crippen LogP contribution in [0.1, 0.15) is 24.7 Å². The maximum Gasteiger partial charge on any atom is 0.191 e. The second kappa shape index (κ2) is 7.92. The van der Waals surface area contributed by atoms with Gasteiger partial charge in [0.05, 0.1) is 19.9 Å². The minimum Gasteiger partial charge on any atom is -0.496 e. The highest BCUT2D eigenvalue weighted by molar-refractivity contribution is 14.0. The van der Waals surface area contributed by atoms with Crippen LogP contribution in [0.3, 0.4) is 0 Å². The smallest absolute Gasteiger partial charge is 0.191 e. The number of para-hydroxylation sites is 1. The highest BCUT2D eigenvalue weighted by atomic mass is 127. The third-order valence-corrected chi connectivity index (χ3v) is 4.50. The van der Waals surface area contributed by atoms with Crippen molar-refractivity contribution < 1.29 is 9.15 Å². The number of benzene rings is 1. The van der Waals surface area contributed by atoms with E-state index in [0.717, 1.165) is 23.9 Å². The number of nitrogens with one attached hydrogen (secondary N) is 2. The van der Waals surface area contributed by atoms with Crippen LogP contribution >= 0.6 is 24.0 Å². The van der Waals surface area contributed by atoms with Crippen molar-refractivity contribution in [1.29, 1.82) is 0 Å². The van der Waals surface area contributed by atoms with Gasteiger partial charge in [0.15, 0.2) is 5.96 Å². The van der Waals surface area contributed by atoms with Crippen LogP contribution < -0.4 is 15.4 Å². The lowest BCUT2D eigenvalue weighted by molar-refractivity contribution is 0.404. The Hall–Kier alpha value is -1.70. The van der Waals surface area contributed by atoms with Gasteiger partial charge in [-0.15, -0.1) is 24.0 Å². The fourth-order valence-electron chi connectivity index (χ4n) is 2.93. The summed E-state index contributed by atoms with van der Waals surface area (Å²) in [4.78, 5) is 4.29. The molecule has 3 rings (SSSR count). The molecule has 0 radical (unpaired) electrons. The molecule has 0 amide bonds. The van der Waals surface area contributed by atoms with Gasteiger partial charge in [-0.25, -0.2) is 0 Å². The molecule has 1 aromatic carbocycles. The zero-order valence-electron chi connectivity index (χ0n) is 14.2. The Morgan fingerprint density at radius 1 is 1.33 bits per heavy atom. The molecule has 1 heterocycles. The van der Waals surface area contributed by atoms with Gasteiger partial charge in [0.25, 0.3) is 0 Å². The van der Waals surface area contributed by atoms with Crippen LogP contribution in [0.2, 0.25) is 0 Å². The summed E-state index contributed by atoms with van der Waals surface area (Å²) >= 11 is 0. The Labute approximate surface area is 159 Å². The molecule has 0 spiro atoms. The second-order valence-electron chi connectivity index (χ2n) is 6.02. The SMILES string of the molecule is CN=C(NCc1ccco1)NC1CC1(C)c1ccccc1OC.I. The van der Waals surface area contributed by atoms with Crippen molar-refractivity contribution in [1.82, 2.24) is 10.6 Å². The van der Waals surface area contributed by atoms with E-state index in [1.165, 1.54) is 5.56 Å². The monoisotopic (exact) mass is 441 g/mol. The summed E-state index contributed by atoms with van der Waals surface area (Å²) in [7, 11) is 3.50. The van der Waals surface area contributed by atoms with Crippen LogP contribution in [0.25, 0.3) is 0 Å². The third kappa shape index (κ3) is 3.85. The summed E-state index contributed by atoms with van der Waals surface area (Å²) in [6.45, 7) is 2.87. The van der Waals surface area contributed by atoms with Crippen LogP contribution in [-0.2, 0) is 12.0 Å². The maximum absolute atomic E-state index is 5.50. The summed E-state index contributed by atoms with van der Waals surface area (Å²) in [5.74, 6) is 2.61.